The van der Waals surface area contributed by atoms with Crippen LogP contribution < -0.4 is 0 Å². The summed E-state index contributed by atoms with van der Waals surface area (Å²) < 4.78 is 0. The molecule has 1 saturated carbocycles. The fraction of sp³-hybridized carbons (Fsp3) is 0.833. The third-order valence-electron chi connectivity index (χ3n) is 3.00. The maximum Gasteiger partial charge on any atom is -0.0203 e. The lowest BCUT2D eigenvalue weighted by atomic mass is 9.82. The average molecular weight is 166 g/mol. The third-order valence-corrected chi connectivity index (χ3v) is 3.00. The van der Waals surface area contributed by atoms with E-state index >= 15 is 0 Å². The molecule has 12 heavy (non-hydrogen) atoms. The second-order valence-corrected chi connectivity index (χ2v) is 3.88. The van der Waals surface area contributed by atoms with Crippen LogP contribution in [0.25, 0.3) is 0 Å². The Morgan fingerprint density at radius 3 is 2.33 bits per heavy atom. The molecule has 0 spiro atoms. The molecule has 0 aliphatic heterocycles. The van der Waals surface area contributed by atoms with Gasteiger partial charge in [-0.2, -0.15) is 0 Å². The summed E-state index contributed by atoms with van der Waals surface area (Å²) in [5, 5.41) is 0. The fourth-order valence-corrected chi connectivity index (χ4v) is 2.34. The highest BCUT2D eigenvalue weighted by molar-refractivity contribution is 5.06. The Morgan fingerprint density at radius 2 is 1.83 bits per heavy atom. The zero-order chi connectivity index (χ0) is 8.81. The van der Waals surface area contributed by atoms with E-state index in [1.165, 1.54) is 44.9 Å². The summed E-state index contributed by atoms with van der Waals surface area (Å²) in [6, 6.07) is 0. The van der Waals surface area contributed by atoms with Crippen molar-refractivity contribution in [2.45, 2.75) is 58.8 Å². The summed E-state index contributed by atoms with van der Waals surface area (Å²) in [5.74, 6) is 0.948. The first-order valence-corrected chi connectivity index (χ1v) is 5.57. The van der Waals surface area contributed by atoms with Crippen LogP contribution in [-0.4, -0.2) is 0 Å². The minimum atomic E-state index is 0.948. The molecule has 0 heterocycles. The SMILES string of the molecule is CC/C=C(\CC)C1CCCCC1. The highest BCUT2D eigenvalue weighted by Crippen LogP contribution is 2.31. The predicted octanol–water partition coefficient (Wildman–Crippen LogP) is 4.31. The van der Waals surface area contributed by atoms with Crippen molar-refractivity contribution >= 4 is 0 Å². The smallest absolute Gasteiger partial charge is 0.0203 e. The molecule has 1 aliphatic rings. The van der Waals surface area contributed by atoms with E-state index in [-0.39, 0.29) is 0 Å². The normalized spacial score (nSPS) is 21.3. The van der Waals surface area contributed by atoms with Gasteiger partial charge in [0, 0.05) is 0 Å². The Labute approximate surface area is 77.1 Å². The van der Waals surface area contributed by atoms with Gasteiger partial charge in [0.2, 0.25) is 0 Å². The van der Waals surface area contributed by atoms with E-state index in [0.717, 1.165) is 5.92 Å². The average Bonchev–Trinajstić information content (AvgIpc) is 2.15. The Kier molecular flexibility index (Phi) is 4.42. The van der Waals surface area contributed by atoms with Crippen molar-refractivity contribution in [2.75, 3.05) is 0 Å². The van der Waals surface area contributed by atoms with Crippen LogP contribution in [0.5, 0.6) is 0 Å². The quantitative estimate of drug-likeness (QED) is 0.548. The highest BCUT2D eigenvalue weighted by Gasteiger charge is 2.15. The zero-order valence-corrected chi connectivity index (χ0v) is 8.60. The van der Waals surface area contributed by atoms with Gasteiger partial charge in [0.05, 0.1) is 0 Å². The second-order valence-electron chi connectivity index (χ2n) is 3.88. The number of hydrogen-bond acceptors (Lipinski definition) is 0. The first-order chi connectivity index (χ1) is 5.88. The molecule has 0 aromatic heterocycles. The van der Waals surface area contributed by atoms with Crippen LogP contribution in [0.3, 0.4) is 0 Å². The lowest BCUT2D eigenvalue weighted by Gasteiger charge is -2.23. The van der Waals surface area contributed by atoms with Crippen LogP contribution in [-0.2, 0) is 0 Å². The van der Waals surface area contributed by atoms with Crippen molar-refractivity contribution in [3.8, 4) is 0 Å². The van der Waals surface area contributed by atoms with Gasteiger partial charge in [-0.15, -0.1) is 0 Å². The fourth-order valence-electron chi connectivity index (χ4n) is 2.34. The summed E-state index contributed by atoms with van der Waals surface area (Å²) in [6.45, 7) is 4.55. The molecule has 1 fully saturated rings. The molecule has 0 atom stereocenters. The first kappa shape index (κ1) is 9.83. The van der Waals surface area contributed by atoms with E-state index in [4.69, 9.17) is 0 Å². The Balaban J connectivity index is 2.46. The molecule has 0 radical (unpaired) electrons. The lowest BCUT2D eigenvalue weighted by molar-refractivity contribution is 0.396. The summed E-state index contributed by atoms with van der Waals surface area (Å²) in [4.78, 5) is 0. The van der Waals surface area contributed by atoms with E-state index in [0.29, 0.717) is 0 Å². The monoisotopic (exact) mass is 166 g/mol. The maximum atomic E-state index is 2.45. The topological polar surface area (TPSA) is 0 Å². The largest absolute Gasteiger partial charge is 0.0853 e. The van der Waals surface area contributed by atoms with E-state index in [1.807, 2.05) is 0 Å². The van der Waals surface area contributed by atoms with Gasteiger partial charge in [-0.05, 0) is 31.6 Å². The third kappa shape index (κ3) is 2.66. The minimum absolute atomic E-state index is 0.948. The summed E-state index contributed by atoms with van der Waals surface area (Å²) in [7, 11) is 0. The number of hydrogen-bond donors (Lipinski definition) is 0. The van der Waals surface area contributed by atoms with Crippen LogP contribution in [0.2, 0.25) is 0 Å². The Morgan fingerprint density at radius 1 is 1.17 bits per heavy atom. The highest BCUT2D eigenvalue weighted by atomic mass is 14.2. The molecule has 0 N–H and O–H groups in total. The van der Waals surface area contributed by atoms with Gasteiger partial charge in [-0.25, -0.2) is 0 Å². The van der Waals surface area contributed by atoms with Crippen LogP contribution in [0.1, 0.15) is 58.8 Å². The summed E-state index contributed by atoms with van der Waals surface area (Å²) >= 11 is 0. The standard InChI is InChI=1S/C12H22/c1-3-8-11(4-2)12-9-6-5-7-10-12/h8,12H,3-7,9-10H2,1-2H3/b11-8+. The van der Waals surface area contributed by atoms with Gasteiger partial charge in [-0.1, -0.05) is 44.8 Å². The van der Waals surface area contributed by atoms with E-state index in [2.05, 4.69) is 19.9 Å². The van der Waals surface area contributed by atoms with Crippen molar-refractivity contribution < 1.29 is 0 Å². The maximum absolute atomic E-state index is 2.45. The van der Waals surface area contributed by atoms with Crippen LogP contribution in [0.15, 0.2) is 11.6 Å². The molecule has 1 aliphatic carbocycles. The van der Waals surface area contributed by atoms with Gasteiger partial charge in [0.1, 0.15) is 0 Å². The first-order valence-electron chi connectivity index (χ1n) is 5.57. The molecule has 0 unspecified atom stereocenters. The molecule has 0 aromatic carbocycles. The Bertz CT molecular complexity index is 138. The van der Waals surface area contributed by atoms with Crippen LogP contribution in [0.4, 0.5) is 0 Å². The molecule has 70 valence electrons. The minimum Gasteiger partial charge on any atom is -0.0853 e. The molecule has 0 saturated heterocycles. The number of rotatable bonds is 3. The van der Waals surface area contributed by atoms with Crippen molar-refractivity contribution in [1.82, 2.24) is 0 Å². The van der Waals surface area contributed by atoms with Crippen molar-refractivity contribution in [2.24, 2.45) is 5.92 Å². The lowest BCUT2D eigenvalue weighted by Crippen LogP contribution is -2.08. The zero-order valence-electron chi connectivity index (χ0n) is 8.60. The molecule has 0 heteroatoms. The van der Waals surface area contributed by atoms with Gasteiger partial charge >= 0.3 is 0 Å². The van der Waals surface area contributed by atoms with Crippen molar-refractivity contribution in [3.05, 3.63) is 11.6 Å². The molecule has 1 rings (SSSR count). The van der Waals surface area contributed by atoms with E-state index in [1.54, 1.807) is 5.57 Å². The van der Waals surface area contributed by atoms with Crippen molar-refractivity contribution in [1.29, 1.82) is 0 Å². The Hall–Kier alpha value is -0.260. The van der Waals surface area contributed by atoms with E-state index < -0.39 is 0 Å². The molecular formula is C12H22. The van der Waals surface area contributed by atoms with Crippen LogP contribution >= 0.6 is 0 Å². The molecule has 0 aromatic rings. The number of allylic oxidation sites excluding steroid dienone is 2. The van der Waals surface area contributed by atoms with Gasteiger partial charge < -0.3 is 0 Å². The molecule has 0 bridgehead atoms. The van der Waals surface area contributed by atoms with Gasteiger partial charge in [0.15, 0.2) is 0 Å². The van der Waals surface area contributed by atoms with Crippen LogP contribution in [0, 0.1) is 5.92 Å². The van der Waals surface area contributed by atoms with Gasteiger partial charge in [0.25, 0.3) is 0 Å². The molecule has 0 nitrogen and oxygen atoms in total. The van der Waals surface area contributed by atoms with E-state index in [9.17, 15) is 0 Å². The predicted molar refractivity (Wildman–Crippen MR) is 55.2 cm³/mol. The molecular weight excluding hydrogens is 144 g/mol. The second kappa shape index (κ2) is 5.40. The van der Waals surface area contributed by atoms with Crippen molar-refractivity contribution in [3.63, 3.8) is 0 Å². The summed E-state index contributed by atoms with van der Waals surface area (Å²) in [6.07, 6.45) is 12.3. The summed E-state index contributed by atoms with van der Waals surface area (Å²) in [5.41, 5.74) is 1.73. The van der Waals surface area contributed by atoms with Gasteiger partial charge in [-0.3, -0.25) is 0 Å². The molecule has 0 amide bonds.